The first kappa shape index (κ1) is 18.9. The Morgan fingerprint density at radius 3 is 2.90 bits per heavy atom. The lowest BCUT2D eigenvalue weighted by molar-refractivity contribution is 0.0697. The Bertz CT molecular complexity index is 1110. The first-order chi connectivity index (χ1) is 14.7. The smallest absolute Gasteiger partial charge is 0.335 e. The number of aromatic carboxylic acids is 1. The van der Waals surface area contributed by atoms with E-state index in [4.69, 9.17) is 9.41 Å². The van der Waals surface area contributed by atoms with Gasteiger partial charge in [0.25, 0.3) is 0 Å². The molecule has 4 heterocycles. The molecule has 1 N–H and O–H groups in total. The summed E-state index contributed by atoms with van der Waals surface area (Å²) >= 11 is 1.79. The lowest BCUT2D eigenvalue weighted by Gasteiger charge is -2.30. The van der Waals surface area contributed by atoms with Gasteiger partial charge in [-0.3, -0.25) is 4.98 Å². The number of fused-ring (bicyclic) bond motifs is 1. The Morgan fingerprint density at radius 2 is 2.13 bits per heavy atom. The number of thioether (sulfide) groups is 1. The van der Waals surface area contributed by atoms with Crippen LogP contribution in [0.4, 0.5) is 0 Å². The minimum atomic E-state index is -0.951. The second-order valence-electron chi connectivity index (χ2n) is 7.42. The monoisotopic (exact) mass is 419 g/mol. The molecule has 1 aromatic carbocycles. The Kier molecular flexibility index (Phi) is 4.83. The lowest BCUT2D eigenvalue weighted by Crippen LogP contribution is -2.35. The van der Waals surface area contributed by atoms with Gasteiger partial charge in [-0.1, -0.05) is 36.9 Å². The van der Waals surface area contributed by atoms with Crippen molar-refractivity contribution in [1.29, 1.82) is 0 Å². The van der Waals surface area contributed by atoms with E-state index in [2.05, 4.69) is 16.8 Å². The van der Waals surface area contributed by atoms with E-state index in [0.717, 1.165) is 34.4 Å². The molecule has 3 atom stereocenters. The van der Waals surface area contributed by atoms with Gasteiger partial charge >= 0.3 is 5.97 Å². The number of carboxylic acid groups (broad SMARTS) is 1. The molecule has 6 nitrogen and oxygen atoms in total. The van der Waals surface area contributed by atoms with Crippen LogP contribution in [0, 0.1) is 0 Å². The molecule has 2 aliphatic heterocycles. The third kappa shape index (κ3) is 3.19. The van der Waals surface area contributed by atoms with E-state index >= 15 is 0 Å². The van der Waals surface area contributed by atoms with Crippen LogP contribution < -0.4 is 0 Å². The zero-order chi connectivity index (χ0) is 20.7. The van der Waals surface area contributed by atoms with Crippen LogP contribution in [0.1, 0.15) is 47.2 Å². The van der Waals surface area contributed by atoms with Gasteiger partial charge in [-0.15, -0.1) is 0 Å². The number of aliphatic imine (C=N–C) groups is 1. The Hall–Kier alpha value is -3.06. The highest BCUT2D eigenvalue weighted by Gasteiger charge is 2.46. The first-order valence-electron chi connectivity index (χ1n) is 9.99. The molecule has 0 radical (unpaired) electrons. The number of aromatic nitrogens is 1. The van der Waals surface area contributed by atoms with E-state index in [9.17, 15) is 9.90 Å². The predicted octanol–water partition coefficient (Wildman–Crippen LogP) is 5.02. The third-order valence-corrected chi connectivity index (χ3v) is 6.77. The quantitative estimate of drug-likeness (QED) is 0.626. The highest BCUT2D eigenvalue weighted by molar-refractivity contribution is 8.14. The van der Waals surface area contributed by atoms with Gasteiger partial charge in [0.05, 0.1) is 11.3 Å². The molecule has 2 aliphatic rings. The fourth-order valence-electron chi connectivity index (χ4n) is 4.13. The minimum absolute atomic E-state index is 0.0637. The predicted molar refractivity (Wildman–Crippen MR) is 117 cm³/mol. The van der Waals surface area contributed by atoms with Crippen molar-refractivity contribution < 1.29 is 14.3 Å². The van der Waals surface area contributed by atoms with Crippen LogP contribution in [0.3, 0.4) is 0 Å². The zero-order valence-corrected chi connectivity index (χ0v) is 17.2. The topological polar surface area (TPSA) is 78.9 Å². The van der Waals surface area contributed by atoms with Crippen molar-refractivity contribution in [3.63, 3.8) is 0 Å². The number of carbonyl (C=O) groups is 1. The second-order valence-corrected chi connectivity index (χ2v) is 8.41. The Morgan fingerprint density at radius 1 is 1.23 bits per heavy atom. The average Bonchev–Trinajstić information content (AvgIpc) is 3.49. The number of rotatable bonds is 5. The fraction of sp³-hybridized carbons (Fsp3) is 0.261. The van der Waals surface area contributed by atoms with Crippen molar-refractivity contribution in [2.45, 2.75) is 31.5 Å². The van der Waals surface area contributed by atoms with Crippen LogP contribution in [0.5, 0.6) is 0 Å². The van der Waals surface area contributed by atoms with Gasteiger partial charge in [0.15, 0.2) is 5.17 Å². The van der Waals surface area contributed by atoms with Gasteiger partial charge in [0.1, 0.15) is 23.6 Å². The second kappa shape index (κ2) is 7.65. The summed E-state index contributed by atoms with van der Waals surface area (Å²) in [5.41, 5.74) is 1.91. The summed E-state index contributed by atoms with van der Waals surface area (Å²) in [6.07, 6.45) is 2.83. The summed E-state index contributed by atoms with van der Waals surface area (Å²) < 4.78 is 6.30. The summed E-state index contributed by atoms with van der Waals surface area (Å²) in [5, 5.41) is 10.3. The summed E-state index contributed by atoms with van der Waals surface area (Å²) in [5.74, 6) is 1.55. The molecule has 0 bridgehead atoms. The van der Waals surface area contributed by atoms with Crippen molar-refractivity contribution >= 4 is 22.9 Å². The summed E-state index contributed by atoms with van der Waals surface area (Å²) in [4.78, 5) is 23.3. The Balaban J connectivity index is 1.54. The number of nitrogens with zero attached hydrogens (tertiary/aromatic N) is 3. The number of hydrogen-bond acceptors (Lipinski definition) is 6. The normalized spacial score (nSPS) is 22.8. The molecule has 3 aromatic rings. The maximum atomic E-state index is 11.3. The molecule has 0 saturated carbocycles. The van der Waals surface area contributed by atoms with Gasteiger partial charge in [0.2, 0.25) is 0 Å². The first-order valence-corrected chi connectivity index (χ1v) is 11.0. The SMILES string of the molecule is CC[C@@H]1CSC2=N[C@@H](c3ccccn3)[C@@H](c3ccc(-c4cccc(C(=O)O)c4)o3)N21. The van der Waals surface area contributed by atoms with Crippen LogP contribution in [-0.4, -0.2) is 37.9 Å². The molecule has 30 heavy (non-hydrogen) atoms. The maximum absolute atomic E-state index is 11.3. The average molecular weight is 420 g/mol. The van der Waals surface area contributed by atoms with Gasteiger partial charge in [-0.05, 0) is 42.8 Å². The van der Waals surface area contributed by atoms with E-state index < -0.39 is 5.97 Å². The molecule has 0 amide bonds. The van der Waals surface area contributed by atoms with Crippen molar-refractivity contribution in [2.75, 3.05) is 5.75 Å². The van der Waals surface area contributed by atoms with Crippen LogP contribution in [0.15, 0.2) is 70.2 Å². The van der Waals surface area contributed by atoms with Crippen molar-refractivity contribution in [3.05, 3.63) is 77.8 Å². The summed E-state index contributed by atoms with van der Waals surface area (Å²) in [6, 6.07) is 16.8. The van der Waals surface area contributed by atoms with Gasteiger partial charge < -0.3 is 14.4 Å². The molecule has 0 spiro atoms. The van der Waals surface area contributed by atoms with Crippen molar-refractivity contribution in [3.8, 4) is 11.3 Å². The molecule has 0 unspecified atom stereocenters. The number of amidine groups is 1. The molecule has 1 saturated heterocycles. The van der Waals surface area contributed by atoms with Crippen LogP contribution >= 0.6 is 11.8 Å². The van der Waals surface area contributed by atoms with Gasteiger partial charge in [0, 0.05) is 23.6 Å². The minimum Gasteiger partial charge on any atom is -0.478 e. The number of furan rings is 1. The largest absolute Gasteiger partial charge is 0.478 e. The molecule has 5 rings (SSSR count). The van der Waals surface area contributed by atoms with Crippen LogP contribution in [0.25, 0.3) is 11.3 Å². The highest BCUT2D eigenvalue weighted by atomic mass is 32.2. The zero-order valence-electron chi connectivity index (χ0n) is 16.4. The molecular formula is C23H21N3O3S. The molecular weight excluding hydrogens is 398 g/mol. The van der Waals surface area contributed by atoms with Crippen LogP contribution in [0.2, 0.25) is 0 Å². The number of pyridine rings is 1. The van der Waals surface area contributed by atoms with Gasteiger partial charge in [-0.2, -0.15) is 0 Å². The fourth-order valence-corrected chi connectivity index (χ4v) is 5.47. The van der Waals surface area contributed by atoms with E-state index in [1.165, 1.54) is 0 Å². The summed E-state index contributed by atoms with van der Waals surface area (Å²) in [6.45, 7) is 2.20. The maximum Gasteiger partial charge on any atom is 0.335 e. The number of carboxylic acids is 1. The molecule has 1 fully saturated rings. The molecule has 2 aromatic heterocycles. The van der Waals surface area contributed by atoms with Gasteiger partial charge in [-0.25, -0.2) is 9.79 Å². The number of hydrogen-bond donors (Lipinski definition) is 1. The van der Waals surface area contributed by atoms with Crippen molar-refractivity contribution in [2.24, 2.45) is 4.99 Å². The molecule has 152 valence electrons. The molecule has 7 heteroatoms. The standard InChI is InChI=1S/C23H21N3O3S/c1-2-16-13-30-23-25-20(17-8-3-4-11-24-17)21(26(16)23)19-10-9-18(29-19)14-6-5-7-15(12-14)22(27)28/h3-12,16,20-21H,2,13H2,1H3,(H,27,28)/t16-,20+,21-/m1/s1. The van der Waals surface area contributed by atoms with E-state index in [0.29, 0.717) is 11.8 Å². The highest BCUT2D eigenvalue weighted by Crippen LogP contribution is 2.49. The van der Waals surface area contributed by atoms with E-state index in [1.54, 1.807) is 36.2 Å². The lowest BCUT2D eigenvalue weighted by atomic mass is 10.0. The Labute approximate surface area is 178 Å². The number of benzene rings is 1. The van der Waals surface area contributed by atoms with Crippen molar-refractivity contribution in [1.82, 2.24) is 9.88 Å². The molecule has 0 aliphatic carbocycles. The van der Waals surface area contributed by atoms with Crippen LogP contribution in [-0.2, 0) is 0 Å². The van der Waals surface area contributed by atoms with E-state index in [-0.39, 0.29) is 17.6 Å². The van der Waals surface area contributed by atoms with E-state index in [1.807, 2.05) is 36.4 Å². The third-order valence-electron chi connectivity index (χ3n) is 5.64. The summed E-state index contributed by atoms with van der Waals surface area (Å²) in [7, 11) is 0.